The van der Waals surface area contributed by atoms with Crippen LogP contribution in [0.15, 0.2) is 17.0 Å². The number of hydrogen-bond acceptors (Lipinski definition) is 6. The molecular weight excluding hydrogens is 530 g/mol. The molecule has 0 fully saturated rings. The highest BCUT2D eigenvalue weighted by atomic mass is 32.2. The molecule has 1 aromatic carbocycles. The van der Waals surface area contributed by atoms with Gasteiger partial charge in [0.1, 0.15) is 5.75 Å². The molecule has 0 amide bonds. The van der Waals surface area contributed by atoms with Crippen LogP contribution in [0.4, 0.5) is 0 Å². The van der Waals surface area contributed by atoms with Crippen LogP contribution in [0.2, 0.25) is 19.6 Å². The molecule has 0 bridgehead atoms. The van der Waals surface area contributed by atoms with Gasteiger partial charge in [0.15, 0.2) is 10.2 Å². The lowest BCUT2D eigenvalue weighted by Crippen LogP contribution is -2.44. The SMILES string of the molecule is CCCC(C)(c1cc(SCO[P+](=O)O[P+](=O)O)cc(C(C)(C)C)c1O[Si](C)(C)C)C(CC)(CC)CC. The van der Waals surface area contributed by atoms with E-state index < -0.39 is 24.8 Å². The summed E-state index contributed by atoms with van der Waals surface area (Å²) in [6.45, 7) is 24.9. The molecule has 1 rings (SSSR count). The Kier molecular flexibility index (Phi) is 12.8. The topological polar surface area (TPSA) is 82.1 Å². The first-order chi connectivity index (χ1) is 16.5. The second kappa shape index (κ2) is 13.6. The van der Waals surface area contributed by atoms with Crippen LogP contribution < -0.4 is 4.43 Å². The molecule has 6 nitrogen and oxygen atoms in total. The summed E-state index contributed by atoms with van der Waals surface area (Å²) < 4.78 is 39.0. The van der Waals surface area contributed by atoms with E-state index in [0.29, 0.717) is 0 Å². The standard InChI is InChI=1S/C26H47O6P2SSi/c1-12-16-25(8,26(13-2,14-3)15-4)22-18-20(35-19-30-34(29)32-33(27)28)17-21(24(5,6)7)23(22)31-36(9,10)11/h17-18H,12-16,19H2,1-11H3/q+1/p+1. The summed E-state index contributed by atoms with van der Waals surface area (Å²) in [6, 6.07) is 4.40. The summed E-state index contributed by atoms with van der Waals surface area (Å²) in [7, 11) is -7.57. The van der Waals surface area contributed by atoms with Crippen molar-refractivity contribution < 1.29 is 27.3 Å². The first-order valence-corrected chi connectivity index (χ1v) is 19.6. The Bertz CT molecular complexity index is 901. The van der Waals surface area contributed by atoms with E-state index in [2.05, 4.69) is 91.5 Å². The van der Waals surface area contributed by atoms with Gasteiger partial charge in [-0.3, -0.25) is 0 Å². The highest BCUT2D eigenvalue weighted by Gasteiger charge is 2.47. The van der Waals surface area contributed by atoms with Crippen molar-refractivity contribution in [3.63, 3.8) is 0 Å². The number of benzene rings is 1. The average Bonchev–Trinajstić information content (AvgIpc) is 2.73. The highest BCUT2D eigenvalue weighted by Crippen LogP contribution is 2.56. The Hall–Kier alpha value is -0.333. The van der Waals surface area contributed by atoms with E-state index in [1.807, 2.05) is 0 Å². The Labute approximate surface area is 226 Å². The molecule has 0 saturated heterocycles. The van der Waals surface area contributed by atoms with Gasteiger partial charge in [0.25, 0.3) is 0 Å². The normalized spacial score (nSPS) is 15.4. The number of hydrogen-bond donors (Lipinski definition) is 1. The van der Waals surface area contributed by atoms with E-state index in [0.717, 1.165) is 48.3 Å². The van der Waals surface area contributed by atoms with E-state index in [9.17, 15) is 9.13 Å². The largest absolute Gasteiger partial charge is 0.748 e. The monoisotopic (exact) mass is 578 g/mol. The van der Waals surface area contributed by atoms with Crippen LogP contribution in [-0.2, 0) is 28.8 Å². The van der Waals surface area contributed by atoms with E-state index in [4.69, 9.17) is 13.8 Å². The zero-order valence-corrected chi connectivity index (χ0v) is 27.8. The average molecular weight is 579 g/mol. The maximum atomic E-state index is 11.8. The zero-order chi connectivity index (χ0) is 27.9. The van der Waals surface area contributed by atoms with Crippen LogP contribution >= 0.6 is 28.3 Å². The molecular formula is C26H48O6P2SSi+2. The fraction of sp³-hybridized carbons (Fsp3) is 0.769. The Morgan fingerprint density at radius 1 is 0.944 bits per heavy atom. The minimum Gasteiger partial charge on any atom is -0.544 e. The number of rotatable bonds is 15. The molecule has 10 heteroatoms. The smallest absolute Gasteiger partial charge is 0.544 e. The van der Waals surface area contributed by atoms with Crippen molar-refractivity contribution in [1.82, 2.24) is 0 Å². The summed E-state index contributed by atoms with van der Waals surface area (Å²) >= 11 is 1.41. The van der Waals surface area contributed by atoms with E-state index in [1.165, 1.54) is 17.3 Å². The molecule has 0 aliphatic rings. The summed E-state index contributed by atoms with van der Waals surface area (Å²) in [6.07, 6.45) is 5.33. The molecule has 0 radical (unpaired) electrons. The van der Waals surface area contributed by atoms with E-state index >= 15 is 0 Å². The zero-order valence-electron chi connectivity index (χ0n) is 24.2. The molecule has 0 spiro atoms. The summed E-state index contributed by atoms with van der Waals surface area (Å²) in [5.41, 5.74) is 2.23. The number of thioether (sulfide) groups is 1. The van der Waals surface area contributed by atoms with Crippen LogP contribution in [0.25, 0.3) is 0 Å². The Balaban J connectivity index is 3.86. The molecule has 3 atom stereocenters. The third kappa shape index (κ3) is 8.59. The molecule has 0 aliphatic heterocycles. The van der Waals surface area contributed by atoms with Crippen molar-refractivity contribution in [2.75, 3.05) is 5.94 Å². The lowest BCUT2D eigenvalue weighted by atomic mass is 9.55. The first kappa shape index (κ1) is 33.7. The minimum absolute atomic E-state index is 0.0423. The maximum absolute atomic E-state index is 11.8. The van der Waals surface area contributed by atoms with Gasteiger partial charge in [-0.1, -0.05) is 73.6 Å². The third-order valence-electron chi connectivity index (χ3n) is 7.34. The van der Waals surface area contributed by atoms with Crippen LogP contribution in [0.1, 0.15) is 98.6 Å². The molecule has 0 saturated carbocycles. The molecule has 36 heavy (non-hydrogen) atoms. The molecule has 206 valence electrons. The van der Waals surface area contributed by atoms with Gasteiger partial charge in [-0.25, -0.2) is 0 Å². The fourth-order valence-electron chi connectivity index (χ4n) is 5.39. The second-order valence-electron chi connectivity index (χ2n) is 11.7. The molecule has 1 N–H and O–H groups in total. The molecule has 0 aromatic heterocycles. The van der Waals surface area contributed by atoms with Crippen LogP contribution in [0, 0.1) is 5.41 Å². The van der Waals surface area contributed by atoms with Crippen molar-refractivity contribution in [3.8, 4) is 5.75 Å². The molecule has 0 heterocycles. The van der Waals surface area contributed by atoms with Crippen molar-refractivity contribution in [2.24, 2.45) is 5.41 Å². The van der Waals surface area contributed by atoms with Gasteiger partial charge in [-0.15, -0.1) is 9.42 Å². The maximum Gasteiger partial charge on any atom is 0.748 e. The fourth-order valence-corrected chi connectivity index (χ4v) is 7.96. The van der Waals surface area contributed by atoms with Crippen LogP contribution in [0.5, 0.6) is 5.75 Å². The Morgan fingerprint density at radius 2 is 1.47 bits per heavy atom. The molecule has 3 unspecified atom stereocenters. The lowest BCUT2D eigenvalue weighted by Gasteiger charge is -2.50. The van der Waals surface area contributed by atoms with Crippen LogP contribution in [0.3, 0.4) is 0 Å². The second-order valence-corrected chi connectivity index (χ2v) is 18.9. The summed E-state index contributed by atoms with van der Waals surface area (Å²) in [5, 5.41) is 0. The quantitative estimate of drug-likeness (QED) is 0.0960. The summed E-state index contributed by atoms with van der Waals surface area (Å²) in [4.78, 5) is 9.81. The lowest BCUT2D eigenvalue weighted by molar-refractivity contribution is 0.0952. The predicted molar refractivity (Wildman–Crippen MR) is 155 cm³/mol. The van der Waals surface area contributed by atoms with Gasteiger partial charge < -0.3 is 4.43 Å². The molecule has 1 aromatic rings. The van der Waals surface area contributed by atoms with Gasteiger partial charge in [-0.2, -0.15) is 0 Å². The third-order valence-corrected chi connectivity index (χ3v) is 10.6. The van der Waals surface area contributed by atoms with Gasteiger partial charge in [-0.05, 0) is 73.9 Å². The van der Waals surface area contributed by atoms with Crippen molar-refractivity contribution in [3.05, 3.63) is 23.3 Å². The summed E-state index contributed by atoms with van der Waals surface area (Å²) in [5.74, 6) is 1.06. The van der Waals surface area contributed by atoms with Crippen molar-refractivity contribution in [2.45, 2.75) is 123 Å². The van der Waals surface area contributed by atoms with E-state index in [1.54, 1.807) is 0 Å². The van der Waals surface area contributed by atoms with Gasteiger partial charge in [0.05, 0.1) is 0 Å². The minimum atomic E-state index is -2.97. The predicted octanol–water partition coefficient (Wildman–Crippen LogP) is 9.86. The van der Waals surface area contributed by atoms with Crippen molar-refractivity contribution >= 4 is 36.6 Å². The highest BCUT2D eigenvalue weighted by molar-refractivity contribution is 7.99. The van der Waals surface area contributed by atoms with Gasteiger partial charge in [0.2, 0.25) is 8.32 Å². The Morgan fingerprint density at radius 3 is 1.89 bits per heavy atom. The van der Waals surface area contributed by atoms with Crippen molar-refractivity contribution in [1.29, 1.82) is 0 Å². The van der Waals surface area contributed by atoms with Crippen LogP contribution in [-0.4, -0.2) is 19.1 Å². The molecule has 0 aliphatic carbocycles. The first-order valence-electron chi connectivity index (χ1n) is 12.9. The van der Waals surface area contributed by atoms with E-state index in [-0.39, 0.29) is 22.2 Å². The van der Waals surface area contributed by atoms with Gasteiger partial charge >= 0.3 is 16.5 Å². The van der Waals surface area contributed by atoms with Gasteiger partial charge in [0, 0.05) is 25.0 Å².